The van der Waals surface area contributed by atoms with Crippen molar-refractivity contribution in [3.63, 3.8) is 0 Å². The predicted molar refractivity (Wildman–Crippen MR) is 131 cm³/mol. The average molecular weight is 476 g/mol. The van der Waals surface area contributed by atoms with Crippen LogP contribution in [-0.4, -0.2) is 60.5 Å². The molecule has 0 aromatic heterocycles. The van der Waals surface area contributed by atoms with Crippen molar-refractivity contribution >= 4 is 11.8 Å². The number of amides is 2. The molecule has 0 aromatic carbocycles. The van der Waals surface area contributed by atoms with E-state index in [1.54, 1.807) is 6.08 Å². The zero-order chi connectivity index (χ0) is 24.9. The minimum absolute atomic E-state index is 0.0183. The summed E-state index contributed by atoms with van der Waals surface area (Å²) in [6.07, 6.45) is 12.7. The second-order valence-electron chi connectivity index (χ2n) is 10.3. The number of carbonyl (C=O) groups excluding carboxylic acids is 2. The Morgan fingerprint density at radius 2 is 1.94 bits per heavy atom. The number of hydrogen-bond acceptors (Lipinski definition) is 6. The molecule has 3 aliphatic heterocycles. The molecule has 3 aliphatic rings. The van der Waals surface area contributed by atoms with E-state index in [1.165, 1.54) is 6.08 Å². The number of allylic oxidation sites excluding steroid dienone is 2. The molecule has 0 saturated carbocycles. The highest BCUT2D eigenvalue weighted by atomic mass is 16.6. The van der Waals surface area contributed by atoms with Gasteiger partial charge in [-0.05, 0) is 39.5 Å². The summed E-state index contributed by atoms with van der Waals surface area (Å²) in [5, 5.41) is 3.04. The summed E-state index contributed by atoms with van der Waals surface area (Å²) in [4.78, 5) is 23.4. The van der Waals surface area contributed by atoms with Crippen molar-refractivity contribution in [3.05, 3.63) is 36.0 Å². The SMILES string of the molecule is CC(/C=C/[C@@H]1C[C@]2(CO2)C[C@@H](CC(N)=O)O1)=C\C[C@@H]1O[C@H](C)[C@H](NC(=O)C=CC(C)N)C[C@@H]1C. The van der Waals surface area contributed by atoms with E-state index in [-0.39, 0.29) is 60.3 Å². The van der Waals surface area contributed by atoms with Gasteiger partial charge in [-0.25, -0.2) is 0 Å². The standard InChI is InChI=1S/C26H41N3O5/c1-16(5-8-20-13-26(15-32-26)14-21(34-20)12-24(28)30)6-9-23-17(2)11-22(19(4)33-23)29-25(31)10-7-18(3)27/h5-8,10,17-23H,9,11-15,27H2,1-4H3,(H2,28,30)(H,29,31)/b8-5+,10-7?,16-6+/t17-,18?,19+,20+,21+,22+,23-,26+/m0/s1. The molecule has 3 saturated heterocycles. The smallest absolute Gasteiger partial charge is 0.244 e. The zero-order valence-electron chi connectivity index (χ0n) is 20.9. The molecular formula is C26H41N3O5. The molecular weight excluding hydrogens is 434 g/mol. The van der Waals surface area contributed by atoms with Gasteiger partial charge in [-0.15, -0.1) is 0 Å². The third-order valence-electron chi connectivity index (χ3n) is 6.86. The van der Waals surface area contributed by atoms with Crippen LogP contribution >= 0.6 is 0 Å². The molecule has 34 heavy (non-hydrogen) atoms. The highest BCUT2D eigenvalue weighted by molar-refractivity contribution is 5.87. The van der Waals surface area contributed by atoms with Crippen LogP contribution in [0, 0.1) is 5.92 Å². The van der Waals surface area contributed by atoms with E-state index >= 15 is 0 Å². The first kappa shape index (κ1) is 26.6. The van der Waals surface area contributed by atoms with Crippen molar-refractivity contribution in [1.29, 1.82) is 0 Å². The number of hydrogen-bond donors (Lipinski definition) is 3. The normalized spacial score (nSPS) is 37.3. The second-order valence-corrected chi connectivity index (χ2v) is 10.3. The van der Waals surface area contributed by atoms with Gasteiger partial charge in [0.25, 0.3) is 0 Å². The molecule has 0 bridgehead atoms. The number of epoxide rings is 1. The van der Waals surface area contributed by atoms with E-state index in [1.807, 2.05) is 13.8 Å². The topological polar surface area (TPSA) is 129 Å². The van der Waals surface area contributed by atoms with Crippen LogP contribution in [0.5, 0.6) is 0 Å². The van der Waals surface area contributed by atoms with Crippen molar-refractivity contribution in [2.75, 3.05) is 6.61 Å². The van der Waals surface area contributed by atoms with Crippen molar-refractivity contribution < 1.29 is 23.8 Å². The Labute approximate surface area is 203 Å². The molecule has 8 heteroatoms. The minimum atomic E-state index is -0.347. The van der Waals surface area contributed by atoms with Gasteiger partial charge in [0, 0.05) is 25.0 Å². The van der Waals surface area contributed by atoms with Crippen LogP contribution in [0.4, 0.5) is 0 Å². The van der Waals surface area contributed by atoms with Crippen molar-refractivity contribution in [3.8, 4) is 0 Å². The summed E-state index contributed by atoms with van der Waals surface area (Å²) in [5.74, 6) is -0.165. The number of carbonyl (C=O) groups is 2. The van der Waals surface area contributed by atoms with Crippen LogP contribution in [0.3, 0.4) is 0 Å². The third kappa shape index (κ3) is 8.05. The van der Waals surface area contributed by atoms with E-state index in [4.69, 9.17) is 25.7 Å². The molecule has 3 heterocycles. The van der Waals surface area contributed by atoms with E-state index in [2.05, 4.69) is 37.4 Å². The molecule has 8 nitrogen and oxygen atoms in total. The zero-order valence-corrected chi connectivity index (χ0v) is 20.9. The van der Waals surface area contributed by atoms with Crippen LogP contribution in [-0.2, 0) is 23.8 Å². The van der Waals surface area contributed by atoms with Gasteiger partial charge < -0.3 is 31.0 Å². The lowest BCUT2D eigenvalue weighted by molar-refractivity contribution is -0.125. The Hall–Kier alpha value is -2.00. The predicted octanol–water partition coefficient (Wildman–Crippen LogP) is 2.27. The number of nitrogens with one attached hydrogen (secondary N) is 1. The Bertz CT molecular complexity index is 817. The number of ether oxygens (including phenoxy) is 3. The maximum absolute atomic E-state index is 12.1. The van der Waals surface area contributed by atoms with Crippen molar-refractivity contribution in [2.24, 2.45) is 17.4 Å². The third-order valence-corrected chi connectivity index (χ3v) is 6.86. The minimum Gasteiger partial charge on any atom is -0.373 e. The molecule has 2 amide bonds. The molecule has 0 aromatic rings. The highest BCUT2D eigenvalue weighted by Gasteiger charge is 2.51. The number of primary amides is 1. The van der Waals surface area contributed by atoms with E-state index in [0.29, 0.717) is 5.92 Å². The van der Waals surface area contributed by atoms with Crippen LogP contribution in [0.2, 0.25) is 0 Å². The monoisotopic (exact) mass is 475 g/mol. The second kappa shape index (κ2) is 11.6. The molecule has 1 unspecified atom stereocenters. The van der Waals surface area contributed by atoms with E-state index in [9.17, 15) is 9.59 Å². The Kier molecular flexibility index (Phi) is 9.09. The molecule has 8 atom stereocenters. The van der Waals surface area contributed by atoms with Gasteiger partial charge in [-0.1, -0.05) is 36.8 Å². The molecule has 0 radical (unpaired) electrons. The van der Waals surface area contributed by atoms with Gasteiger partial charge in [0.15, 0.2) is 0 Å². The first-order chi connectivity index (χ1) is 16.0. The number of nitrogens with two attached hydrogens (primary N) is 2. The number of rotatable bonds is 9. The van der Waals surface area contributed by atoms with Crippen molar-refractivity contribution in [1.82, 2.24) is 5.32 Å². The fraction of sp³-hybridized carbons (Fsp3) is 0.692. The lowest BCUT2D eigenvalue weighted by Crippen LogP contribution is -2.50. The molecule has 0 aliphatic carbocycles. The van der Waals surface area contributed by atoms with Crippen LogP contribution in [0.15, 0.2) is 36.0 Å². The van der Waals surface area contributed by atoms with Crippen LogP contribution in [0.1, 0.15) is 59.8 Å². The van der Waals surface area contributed by atoms with Crippen LogP contribution < -0.4 is 16.8 Å². The Morgan fingerprint density at radius 1 is 1.21 bits per heavy atom. The summed E-state index contributed by atoms with van der Waals surface area (Å²) in [6.45, 7) is 8.79. The first-order valence-corrected chi connectivity index (χ1v) is 12.4. The van der Waals surface area contributed by atoms with Gasteiger partial charge in [0.1, 0.15) is 0 Å². The quantitative estimate of drug-likeness (QED) is 0.267. The molecule has 3 fully saturated rings. The highest BCUT2D eigenvalue weighted by Crippen LogP contribution is 2.43. The molecule has 190 valence electrons. The van der Waals surface area contributed by atoms with Crippen LogP contribution in [0.25, 0.3) is 0 Å². The lowest BCUT2D eigenvalue weighted by Gasteiger charge is -2.39. The Morgan fingerprint density at radius 3 is 2.59 bits per heavy atom. The maximum atomic E-state index is 12.1. The maximum Gasteiger partial charge on any atom is 0.244 e. The average Bonchev–Trinajstić information content (AvgIpc) is 3.49. The fourth-order valence-electron chi connectivity index (χ4n) is 4.82. The molecule has 3 rings (SSSR count). The largest absolute Gasteiger partial charge is 0.373 e. The van der Waals surface area contributed by atoms with Gasteiger partial charge in [-0.3, -0.25) is 9.59 Å². The summed E-state index contributed by atoms with van der Waals surface area (Å²) in [6, 6.07) is -0.169. The van der Waals surface area contributed by atoms with Gasteiger partial charge in [0.05, 0.1) is 49.1 Å². The first-order valence-electron chi connectivity index (χ1n) is 12.4. The van der Waals surface area contributed by atoms with Crippen molar-refractivity contribution in [2.45, 2.75) is 102 Å². The summed E-state index contributed by atoms with van der Waals surface area (Å²) >= 11 is 0. The van der Waals surface area contributed by atoms with E-state index in [0.717, 1.165) is 37.9 Å². The fourth-order valence-corrected chi connectivity index (χ4v) is 4.82. The summed E-state index contributed by atoms with van der Waals surface area (Å²) in [5.41, 5.74) is 12.0. The van der Waals surface area contributed by atoms with Gasteiger partial charge in [-0.2, -0.15) is 0 Å². The van der Waals surface area contributed by atoms with E-state index < -0.39 is 0 Å². The molecule has 5 N–H and O–H groups in total. The summed E-state index contributed by atoms with van der Waals surface area (Å²) in [7, 11) is 0. The Balaban J connectivity index is 1.49. The lowest BCUT2D eigenvalue weighted by atomic mass is 9.88. The van der Waals surface area contributed by atoms with Gasteiger partial charge in [0.2, 0.25) is 11.8 Å². The molecule has 1 spiro atoms. The summed E-state index contributed by atoms with van der Waals surface area (Å²) < 4.78 is 18.0. The van der Waals surface area contributed by atoms with Gasteiger partial charge >= 0.3 is 0 Å².